The van der Waals surface area contributed by atoms with Crippen molar-refractivity contribution in [3.05, 3.63) is 29.8 Å². The lowest BCUT2D eigenvalue weighted by Gasteiger charge is -2.22. The molecule has 1 saturated heterocycles. The average molecular weight is 319 g/mol. The lowest BCUT2D eigenvalue weighted by molar-refractivity contribution is -0.125. The Labute approximate surface area is 135 Å². The number of likely N-dealkylation sites (N-methyl/N-ethyl adjacent to an activating group) is 1. The van der Waals surface area contributed by atoms with Gasteiger partial charge in [-0.15, -0.1) is 0 Å². The summed E-state index contributed by atoms with van der Waals surface area (Å²) in [6, 6.07) is 5.70. The fraction of sp³-hybridized carbons (Fsp3) is 0.471. The molecular weight excluding hydrogens is 298 g/mol. The van der Waals surface area contributed by atoms with Crippen LogP contribution in [-0.4, -0.2) is 41.7 Å². The van der Waals surface area contributed by atoms with Gasteiger partial charge in [0.2, 0.25) is 12.7 Å². The van der Waals surface area contributed by atoms with E-state index in [4.69, 9.17) is 9.47 Å². The Hall–Kier alpha value is -1.62. The Balaban J connectivity index is 1.61. The molecule has 1 aromatic rings. The Morgan fingerprint density at radius 3 is 3.05 bits per heavy atom. The van der Waals surface area contributed by atoms with Gasteiger partial charge in [0.1, 0.15) is 0 Å². The van der Waals surface area contributed by atoms with Gasteiger partial charge in [0, 0.05) is 24.4 Å². The SMILES string of the molecule is CCN(CC1CCCS1)C(=O)/C=C/c1ccc2c(c1)OCO2. The van der Waals surface area contributed by atoms with Gasteiger partial charge in [0.25, 0.3) is 0 Å². The molecule has 5 heteroatoms. The van der Waals surface area contributed by atoms with Crippen molar-refractivity contribution in [3.63, 3.8) is 0 Å². The van der Waals surface area contributed by atoms with Gasteiger partial charge in [-0.05, 0) is 49.3 Å². The molecule has 2 aliphatic rings. The van der Waals surface area contributed by atoms with Crippen LogP contribution in [0.2, 0.25) is 0 Å². The largest absolute Gasteiger partial charge is 0.454 e. The fourth-order valence-corrected chi connectivity index (χ4v) is 3.98. The number of amides is 1. The summed E-state index contributed by atoms with van der Waals surface area (Å²) in [6.07, 6.45) is 5.99. The maximum absolute atomic E-state index is 12.3. The van der Waals surface area contributed by atoms with Crippen LogP contribution in [0.25, 0.3) is 6.08 Å². The second-order valence-electron chi connectivity index (χ2n) is 5.46. The number of thioether (sulfide) groups is 1. The highest BCUT2D eigenvalue weighted by Gasteiger charge is 2.20. The van der Waals surface area contributed by atoms with Crippen LogP contribution in [-0.2, 0) is 4.79 Å². The molecule has 1 aromatic carbocycles. The first-order chi connectivity index (χ1) is 10.8. The molecule has 1 amide bonds. The highest BCUT2D eigenvalue weighted by molar-refractivity contribution is 8.00. The summed E-state index contributed by atoms with van der Waals surface area (Å²) < 4.78 is 10.6. The van der Waals surface area contributed by atoms with E-state index in [1.54, 1.807) is 6.08 Å². The van der Waals surface area contributed by atoms with Gasteiger partial charge >= 0.3 is 0 Å². The van der Waals surface area contributed by atoms with Crippen molar-refractivity contribution in [1.82, 2.24) is 4.90 Å². The maximum Gasteiger partial charge on any atom is 0.246 e. The van der Waals surface area contributed by atoms with Gasteiger partial charge in [0.05, 0.1) is 0 Å². The second kappa shape index (κ2) is 7.09. The summed E-state index contributed by atoms with van der Waals surface area (Å²) in [5.74, 6) is 2.80. The molecule has 0 aliphatic carbocycles. The molecule has 22 heavy (non-hydrogen) atoms. The van der Waals surface area contributed by atoms with Crippen molar-refractivity contribution in [2.24, 2.45) is 0 Å². The molecule has 1 unspecified atom stereocenters. The van der Waals surface area contributed by atoms with E-state index in [1.807, 2.05) is 47.9 Å². The molecule has 1 fully saturated rings. The van der Waals surface area contributed by atoms with E-state index in [-0.39, 0.29) is 12.7 Å². The lowest BCUT2D eigenvalue weighted by atomic mass is 10.2. The van der Waals surface area contributed by atoms with Gasteiger partial charge in [-0.2, -0.15) is 11.8 Å². The number of ether oxygens (including phenoxy) is 2. The molecule has 2 heterocycles. The zero-order chi connectivity index (χ0) is 15.4. The van der Waals surface area contributed by atoms with Crippen LogP contribution < -0.4 is 9.47 Å². The fourth-order valence-electron chi connectivity index (χ4n) is 2.70. The summed E-state index contributed by atoms with van der Waals surface area (Å²) in [6.45, 7) is 3.91. The topological polar surface area (TPSA) is 38.8 Å². The molecule has 3 rings (SSSR count). The van der Waals surface area contributed by atoms with Gasteiger partial charge < -0.3 is 14.4 Å². The number of rotatable bonds is 5. The first kappa shape index (κ1) is 15.3. The van der Waals surface area contributed by atoms with E-state index in [9.17, 15) is 4.79 Å². The number of carbonyl (C=O) groups is 1. The number of nitrogens with zero attached hydrogens (tertiary/aromatic N) is 1. The standard InChI is InChI=1S/C17H21NO3S/c1-2-18(11-14-4-3-9-22-14)17(19)8-6-13-5-7-15-16(10-13)21-12-20-15/h5-8,10,14H,2-4,9,11-12H2,1H3/b8-6+. The highest BCUT2D eigenvalue weighted by Crippen LogP contribution is 2.32. The molecule has 2 aliphatic heterocycles. The van der Waals surface area contributed by atoms with Crippen molar-refractivity contribution < 1.29 is 14.3 Å². The summed E-state index contributed by atoms with van der Waals surface area (Å²) in [5.41, 5.74) is 0.948. The Morgan fingerprint density at radius 2 is 2.27 bits per heavy atom. The van der Waals surface area contributed by atoms with E-state index in [0.29, 0.717) is 5.25 Å². The molecule has 0 saturated carbocycles. The van der Waals surface area contributed by atoms with Gasteiger partial charge in [-0.3, -0.25) is 4.79 Å². The predicted octanol–water partition coefficient (Wildman–Crippen LogP) is 3.17. The van der Waals surface area contributed by atoms with Crippen LogP contribution in [0.15, 0.2) is 24.3 Å². The van der Waals surface area contributed by atoms with Crippen LogP contribution in [0.3, 0.4) is 0 Å². The van der Waals surface area contributed by atoms with Crippen LogP contribution >= 0.6 is 11.8 Å². The van der Waals surface area contributed by atoms with Gasteiger partial charge in [0.15, 0.2) is 11.5 Å². The van der Waals surface area contributed by atoms with E-state index < -0.39 is 0 Å². The number of hydrogen-bond acceptors (Lipinski definition) is 4. The average Bonchev–Trinajstić information content (AvgIpc) is 3.20. The van der Waals surface area contributed by atoms with Crippen molar-refractivity contribution in [2.75, 3.05) is 25.6 Å². The minimum Gasteiger partial charge on any atom is -0.454 e. The Kier molecular flexibility index (Phi) is 4.93. The van der Waals surface area contributed by atoms with Gasteiger partial charge in [-0.1, -0.05) is 6.07 Å². The third-order valence-electron chi connectivity index (χ3n) is 3.96. The second-order valence-corrected chi connectivity index (χ2v) is 6.87. The van der Waals surface area contributed by atoms with Crippen LogP contribution in [0.4, 0.5) is 0 Å². The highest BCUT2D eigenvalue weighted by atomic mass is 32.2. The minimum atomic E-state index is 0.0765. The normalized spacial score (nSPS) is 19.8. The summed E-state index contributed by atoms with van der Waals surface area (Å²) >= 11 is 1.98. The van der Waals surface area contributed by atoms with Crippen LogP contribution in [0.5, 0.6) is 11.5 Å². The minimum absolute atomic E-state index is 0.0765. The zero-order valence-electron chi connectivity index (χ0n) is 12.8. The van der Waals surface area contributed by atoms with Gasteiger partial charge in [-0.25, -0.2) is 0 Å². The first-order valence-corrected chi connectivity index (χ1v) is 8.79. The maximum atomic E-state index is 12.3. The molecule has 0 N–H and O–H groups in total. The van der Waals surface area contributed by atoms with Crippen molar-refractivity contribution in [1.29, 1.82) is 0 Å². The third-order valence-corrected chi connectivity index (χ3v) is 5.34. The van der Waals surface area contributed by atoms with E-state index >= 15 is 0 Å². The van der Waals surface area contributed by atoms with Crippen molar-refractivity contribution >= 4 is 23.7 Å². The molecule has 0 radical (unpaired) electrons. The number of fused-ring (bicyclic) bond motifs is 1. The van der Waals surface area contributed by atoms with E-state index in [0.717, 1.165) is 30.2 Å². The Morgan fingerprint density at radius 1 is 1.41 bits per heavy atom. The molecule has 118 valence electrons. The smallest absolute Gasteiger partial charge is 0.246 e. The Bertz CT molecular complexity index is 567. The quantitative estimate of drug-likeness (QED) is 0.782. The van der Waals surface area contributed by atoms with E-state index in [1.165, 1.54) is 18.6 Å². The third kappa shape index (κ3) is 3.58. The summed E-state index contributed by atoms with van der Waals surface area (Å²) in [4.78, 5) is 14.3. The number of benzene rings is 1. The molecule has 1 atom stereocenters. The molecule has 0 bridgehead atoms. The molecular formula is C17H21NO3S. The van der Waals surface area contributed by atoms with Crippen LogP contribution in [0.1, 0.15) is 25.3 Å². The van der Waals surface area contributed by atoms with E-state index in [2.05, 4.69) is 0 Å². The van der Waals surface area contributed by atoms with Crippen LogP contribution in [0, 0.1) is 0 Å². The molecule has 4 nitrogen and oxygen atoms in total. The number of carbonyl (C=O) groups excluding carboxylic acids is 1. The molecule has 0 spiro atoms. The van der Waals surface area contributed by atoms with Crippen molar-refractivity contribution in [3.8, 4) is 11.5 Å². The first-order valence-electron chi connectivity index (χ1n) is 7.74. The summed E-state index contributed by atoms with van der Waals surface area (Å²) in [7, 11) is 0. The predicted molar refractivity (Wildman–Crippen MR) is 89.3 cm³/mol. The summed E-state index contributed by atoms with van der Waals surface area (Å²) in [5, 5.41) is 0.600. The lowest BCUT2D eigenvalue weighted by Crippen LogP contribution is -2.34. The number of hydrogen-bond donors (Lipinski definition) is 0. The zero-order valence-corrected chi connectivity index (χ0v) is 13.6. The monoisotopic (exact) mass is 319 g/mol. The molecule has 0 aromatic heterocycles. The van der Waals surface area contributed by atoms with Crippen molar-refractivity contribution in [2.45, 2.75) is 25.0 Å².